The Kier molecular flexibility index (Phi) is 5.38. The third-order valence-corrected chi connectivity index (χ3v) is 4.01. The number of piperazine rings is 1. The number of hydrogen-bond acceptors (Lipinski definition) is 2. The van der Waals surface area contributed by atoms with Gasteiger partial charge in [0, 0.05) is 36.8 Å². The molecule has 0 aliphatic carbocycles. The largest absolute Gasteiger partial charge is 0.340 e. The van der Waals surface area contributed by atoms with Crippen LogP contribution >= 0.6 is 11.6 Å². The number of nitrogens with zero attached hydrogens (tertiary/aromatic N) is 2. The minimum atomic E-state index is -0.407. The topological polar surface area (TPSA) is 23.6 Å². The molecule has 0 bridgehead atoms. The summed E-state index contributed by atoms with van der Waals surface area (Å²) in [6, 6.07) is 4.51. The second-order valence-electron chi connectivity index (χ2n) is 5.10. The summed E-state index contributed by atoms with van der Waals surface area (Å²) in [6.45, 7) is 6.43. The molecule has 20 heavy (non-hydrogen) atoms. The Morgan fingerprint density at radius 1 is 1.30 bits per heavy atom. The van der Waals surface area contributed by atoms with Gasteiger partial charge >= 0.3 is 0 Å². The smallest absolute Gasteiger partial charge is 0.227 e. The van der Waals surface area contributed by atoms with Gasteiger partial charge in [-0.3, -0.25) is 9.69 Å². The van der Waals surface area contributed by atoms with Crippen molar-refractivity contribution < 1.29 is 9.18 Å². The summed E-state index contributed by atoms with van der Waals surface area (Å²) in [6.07, 6.45) is 1.16. The highest BCUT2D eigenvalue weighted by atomic mass is 35.5. The second-order valence-corrected chi connectivity index (χ2v) is 5.51. The van der Waals surface area contributed by atoms with Crippen LogP contribution in [0, 0.1) is 5.82 Å². The Labute approximate surface area is 124 Å². The first-order valence-corrected chi connectivity index (χ1v) is 7.42. The van der Waals surface area contributed by atoms with E-state index in [1.807, 2.05) is 0 Å². The molecule has 0 radical (unpaired) electrons. The summed E-state index contributed by atoms with van der Waals surface area (Å²) in [7, 11) is 0. The van der Waals surface area contributed by atoms with Gasteiger partial charge in [0.2, 0.25) is 5.91 Å². The van der Waals surface area contributed by atoms with Crippen LogP contribution < -0.4 is 0 Å². The van der Waals surface area contributed by atoms with Crippen LogP contribution in [-0.4, -0.2) is 48.4 Å². The second kappa shape index (κ2) is 7.04. The molecular weight excluding hydrogens is 279 g/mol. The highest BCUT2D eigenvalue weighted by molar-refractivity contribution is 6.31. The molecule has 5 heteroatoms. The van der Waals surface area contributed by atoms with Crippen molar-refractivity contribution in [3.8, 4) is 0 Å². The summed E-state index contributed by atoms with van der Waals surface area (Å²) in [4.78, 5) is 16.4. The maximum atomic E-state index is 13.7. The van der Waals surface area contributed by atoms with E-state index in [1.54, 1.807) is 17.0 Å². The van der Waals surface area contributed by atoms with Gasteiger partial charge in [-0.15, -0.1) is 0 Å². The lowest BCUT2D eigenvalue weighted by molar-refractivity contribution is -0.132. The van der Waals surface area contributed by atoms with Crippen LogP contribution in [0.3, 0.4) is 0 Å². The van der Waals surface area contributed by atoms with Crippen molar-refractivity contribution in [2.45, 2.75) is 19.8 Å². The molecule has 1 aromatic carbocycles. The molecule has 0 unspecified atom stereocenters. The van der Waals surface area contributed by atoms with Gasteiger partial charge in [-0.1, -0.05) is 24.6 Å². The van der Waals surface area contributed by atoms with E-state index in [2.05, 4.69) is 11.8 Å². The molecule has 1 aliphatic rings. The van der Waals surface area contributed by atoms with Gasteiger partial charge in [0.1, 0.15) is 5.82 Å². The number of benzene rings is 1. The first-order chi connectivity index (χ1) is 9.61. The molecule has 0 atom stereocenters. The van der Waals surface area contributed by atoms with Gasteiger partial charge in [0.15, 0.2) is 0 Å². The average molecular weight is 299 g/mol. The Bertz CT molecular complexity index is 453. The van der Waals surface area contributed by atoms with Crippen molar-refractivity contribution >= 4 is 17.5 Å². The average Bonchev–Trinajstić information content (AvgIpc) is 2.44. The van der Waals surface area contributed by atoms with Crippen LogP contribution in [0.25, 0.3) is 0 Å². The maximum Gasteiger partial charge on any atom is 0.227 e. The van der Waals surface area contributed by atoms with E-state index in [9.17, 15) is 9.18 Å². The number of carbonyl (C=O) groups is 1. The number of carbonyl (C=O) groups excluding carboxylic acids is 1. The molecule has 0 spiro atoms. The fourth-order valence-corrected chi connectivity index (χ4v) is 2.73. The Balaban J connectivity index is 1.93. The predicted octanol–water partition coefficient (Wildman–Crippen LogP) is 2.58. The minimum absolute atomic E-state index is 0.0410. The van der Waals surface area contributed by atoms with Crippen molar-refractivity contribution in [3.63, 3.8) is 0 Å². The summed E-state index contributed by atoms with van der Waals surface area (Å²) < 4.78 is 13.7. The number of amides is 1. The molecule has 1 aliphatic heterocycles. The lowest BCUT2D eigenvalue weighted by atomic mass is 10.1. The molecule has 0 aromatic heterocycles. The van der Waals surface area contributed by atoms with Crippen molar-refractivity contribution in [1.82, 2.24) is 9.80 Å². The van der Waals surface area contributed by atoms with E-state index in [0.717, 1.165) is 26.1 Å². The van der Waals surface area contributed by atoms with E-state index in [0.29, 0.717) is 23.7 Å². The van der Waals surface area contributed by atoms with Gasteiger partial charge in [-0.25, -0.2) is 4.39 Å². The van der Waals surface area contributed by atoms with E-state index < -0.39 is 5.82 Å². The first-order valence-electron chi connectivity index (χ1n) is 7.05. The van der Waals surface area contributed by atoms with Crippen molar-refractivity contribution in [3.05, 3.63) is 34.6 Å². The highest BCUT2D eigenvalue weighted by Gasteiger charge is 2.22. The predicted molar refractivity (Wildman–Crippen MR) is 78.4 cm³/mol. The van der Waals surface area contributed by atoms with Gasteiger partial charge in [-0.2, -0.15) is 0 Å². The quantitative estimate of drug-likeness (QED) is 0.853. The van der Waals surface area contributed by atoms with Crippen LogP contribution in [0.2, 0.25) is 5.02 Å². The van der Waals surface area contributed by atoms with E-state index >= 15 is 0 Å². The summed E-state index contributed by atoms with van der Waals surface area (Å²) in [5.41, 5.74) is 0.301. The van der Waals surface area contributed by atoms with Crippen LogP contribution in [-0.2, 0) is 11.2 Å². The van der Waals surface area contributed by atoms with Crippen molar-refractivity contribution in [1.29, 1.82) is 0 Å². The number of rotatable bonds is 4. The zero-order valence-corrected chi connectivity index (χ0v) is 12.5. The van der Waals surface area contributed by atoms with Gasteiger partial charge in [0.05, 0.1) is 6.42 Å². The Morgan fingerprint density at radius 2 is 2.00 bits per heavy atom. The monoisotopic (exact) mass is 298 g/mol. The lowest BCUT2D eigenvalue weighted by Gasteiger charge is -2.34. The third kappa shape index (κ3) is 3.70. The van der Waals surface area contributed by atoms with Crippen LogP contribution in [0.4, 0.5) is 4.39 Å². The molecule has 0 saturated carbocycles. The fraction of sp³-hybridized carbons (Fsp3) is 0.533. The van der Waals surface area contributed by atoms with E-state index in [-0.39, 0.29) is 12.3 Å². The Hall–Kier alpha value is -1.13. The normalized spacial score (nSPS) is 16.4. The molecule has 1 aromatic rings. The van der Waals surface area contributed by atoms with Gasteiger partial charge in [0.25, 0.3) is 0 Å². The lowest BCUT2D eigenvalue weighted by Crippen LogP contribution is -2.49. The zero-order valence-electron chi connectivity index (χ0n) is 11.7. The minimum Gasteiger partial charge on any atom is -0.340 e. The zero-order chi connectivity index (χ0) is 14.5. The Morgan fingerprint density at radius 3 is 2.60 bits per heavy atom. The molecular formula is C15H20ClFN2O. The maximum absolute atomic E-state index is 13.7. The molecule has 1 fully saturated rings. The van der Waals surface area contributed by atoms with E-state index in [1.165, 1.54) is 6.07 Å². The van der Waals surface area contributed by atoms with E-state index in [4.69, 9.17) is 11.6 Å². The number of halogens is 2. The van der Waals surface area contributed by atoms with Gasteiger partial charge < -0.3 is 4.90 Å². The van der Waals surface area contributed by atoms with Crippen molar-refractivity contribution in [2.24, 2.45) is 0 Å². The fourth-order valence-electron chi connectivity index (χ4n) is 2.50. The summed E-state index contributed by atoms with van der Waals surface area (Å²) in [5, 5.41) is 0.322. The molecule has 2 rings (SSSR count). The summed E-state index contributed by atoms with van der Waals surface area (Å²) in [5.74, 6) is -0.455. The molecule has 3 nitrogen and oxygen atoms in total. The molecule has 0 N–H and O–H groups in total. The highest BCUT2D eigenvalue weighted by Crippen LogP contribution is 2.20. The van der Waals surface area contributed by atoms with Crippen LogP contribution in [0.1, 0.15) is 18.9 Å². The van der Waals surface area contributed by atoms with Crippen LogP contribution in [0.15, 0.2) is 18.2 Å². The SMILES string of the molecule is CCCN1CCN(C(=O)Cc2c(F)cccc2Cl)CC1. The van der Waals surface area contributed by atoms with Crippen molar-refractivity contribution in [2.75, 3.05) is 32.7 Å². The molecule has 1 amide bonds. The third-order valence-electron chi connectivity index (χ3n) is 3.65. The van der Waals surface area contributed by atoms with Crippen LogP contribution in [0.5, 0.6) is 0 Å². The summed E-state index contributed by atoms with van der Waals surface area (Å²) >= 11 is 5.96. The number of hydrogen-bond donors (Lipinski definition) is 0. The molecule has 1 saturated heterocycles. The molecule has 1 heterocycles. The van der Waals surface area contributed by atoms with Gasteiger partial charge in [-0.05, 0) is 25.1 Å². The standard InChI is InChI=1S/C15H20ClFN2O/c1-2-6-18-7-9-19(10-8-18)15(20)11-12-13(16)4-3-5-14(12)17/h3-5H,2,6-11H2,1H3. The first kappa shape index (κ1) is 15.3. The molecule has 110 valence electrons.